The fraction of sp³-hybridized carbons (Fsp3) is 0.600. The van der Waals surface area contributed by atoms with E-state index in [1.807, 2.05) is 0 Å². The molecule has 1 heterocycles. The van der Waals surface area contributed by atoms with Gasteiger partial charge in [-0.1, -0.05) is 4.91 Å². The summed E-state index contributed by atoms with van der Waals surface area (Å²) < 4.78 is 0. The van der Waals surface area contributed by atoms with Crippen LogP contribution in [0.2, 0.25) is 0 Å². The quantitative estimate of drug-likeness (QED) is 0.473. The van der Waals surface area contributed by atoms with Crippen molar-refractivity contribution in [1.82, 2.24) is 15.1 Å². The zero-order valence-electron chi connectivity index (χ0n) is 5.04. The van der Waals surface area contributed by atoms with Crippen molar-refractivity contribution in [2.24, 2.45) is 0 Å². The van der Waals surface area contributed by atoms with E-state index in [4.69, 9.17) is 5.84 Å². The summed E-state index contributed by atoms with van der Waals surface area (Å²) in [6.45, 7) is 0. The Kier molecular flexibility index (Phi) is 0.777. The number of hydrogen-bond donors (Lipinski definition) is 1. The van der Waals surface area contributed by atoms with Crippen LogP contribution >= 0.6 is 0 Å². The van der Waals surface area contributed by atoms with Crippen molar-refractivity contribution in [2.45, 2.75) is 19.3 Å². The molecule has 1 aromatic rings. The molecule has 0 saturated carbocycles. The van der Waals surface area contributed by atoms with Crippen LogP contribution in [-0.4, -0.2) is 15.1 Å². The van der Waals surface area contributed by atoms with Gasteiger partial charge in [0.2, 0.25) is 0 Å². The van der Waals surface area contributed by atoms with E-state index >= 15 is 0 Å². The summed E-state index contributed by atoms with van der Waals surface area (Å²) in [6, 6.07) is 0. The van der Waals surface area contributed by atoms with E-state index in [2.05, 4.69) is 10.2 Å². The van der Waals surface area contributed by atoms with Crippen LogP contribution in [0.25, 0.3) is 0 Å². The molecule has 1 aliphatic rings. The molecule has 0 atom stereocenters. The molecule has 0 radical (unpaired) electrons. The molecule has 0 bridgehead atoms. The van der Waals surface area contributed by atoms with E-state index in [1.54, 1.807) is 0 Å². The third-order valence-corrected chi connectivity index (χ3v) is 1.61. The van der Waals surface area contributed by atoms with Crippen molar-refractivity contribution >= 4 is 0 Å². The average molecular weight is 124 g/mol. The van der Waals surface area contributed by atoms with Crippen LogP contribution in [0.4, 0.5) is 0 Å². The van der Waals surface area contributed by atoms with Gasteiger partial charge in [0, 0.05) is 0 Å². The van der Waals surface area contributed by atoms with Crippen LogP contribution in [0.5, 0.6) is 0 Å². The zero-order valence-corrected chi connectivity index (χ0v) is 5.04. The third-order valence-electron chi connectivity index (χ3n) is 1.61. The van der Waals surface area contributed by atoms with Crippen molar-refractivity contribution in [3.05, 3.63) is 11.4 Å². The van der Waals surface area contributed by atoms with Crippen LogP contribution < -0.4 is 5.84 Å². The Morgan fingerprint density at radius 3 is 2.33 bits per heavy atom. The first-order valence-electron chi connectivity index (χ1n) is 3.06. The molecule has 1 aliphatic carbocycles. The van der Waals surface area contributed by atoms with Crippen LogP contribution in [0.1, 0.15) is 17.8 Å². The van der Waals surface area contributed by atoms with E-state index in [0.717, 1.165) is 29.1 Å². The van der Waals surface area contributed by atoms with Crippen molar-refractivity contribution in [2.75, 3.05) is 5.84 Å². The molecule has 0 saturated heterocycles. The molecule has 9 heavy (non-hydrogen) atoms. The number of hydrogen-bond acceptors (Lipinski definition) is 3. The van der Waals surface area contributed by atoms with Gasteiger partial charge in [0.15, 0.2) is 0 Å². The maximum absolute atomic E-state index is 5.28. The lowest BCUT2D eigenvalue weighted by Gasteiger charge is -1.84. The Morgan fingerprint density at radius 2 is 1.78 bits per heavy atom. The topological polar surface area (TPSA) is 56.7 Å². The van der Waals surface area contributed by atoms with Gasteiger partial charge < -0.3 is 5.84 Å². The highest BCUT2D eigenvalue weighted by atomic mass is 15.6. The second-order valence-electron chi connectivity index (χ2n) is 2.27. The third kappa shape index (κ3) is 0.590. The van der Waals surface area contributed by atoms with Gasteiger partial charge in [0.05, 0.1) is 11.4 Å². The molecular formula is C5H8N4. The predicted octanol–water partition coefficient (Wildman–Crippen LogP) is -0.519. The molecule has 0 amide bonds. The van der Waals surface area contributed by atoms with Gasteiger partial charge in [-0.3, -0.25) is 0 Å². The lowest BCUT2D eigenvalue weighted by Crippen LogP contribution is -2.12. The molecule has 1 aromatic heterocycles. The van der Waals surface area contributed by atoms with Gasteiger partial charge in [-0.25, -0.2) is 0 Å². The van der Waals surface area contributed by atoms with Crippen LogP contribution in [0, 0.1) is 0 Å². The van der Waals surface area contributed by atoms with Gasteiger partial charge in [-0.05, 0) is 19.3 Å². The van der Waals surface area contributed by atoms with Gasteiger partial charge in [0.1, 0.15) is 0 Å². The smallest absolute Gasteiger partial charge is 0.0881 e. The number of nitrogen functional groups attached to an aromatic ring is 1. The van der Waals surface area contributed by atoms with E-state index < -0.39 is 0 Å². The molecule has 0 fully saturated rings. The first kappa shape index (κ1) is 4.78. The summed E-state index contributed by atoms with van der Waals surface area (Å²) >= 11 is 0. The largest absolute Gasteiger partial charge is 0.306 e. The van der Waals surface area contributed by atoms with Gasteiger partial charge in [0.25, 0.3) is 0 Å². The lowest BCUT2D eigenvalue weighted by atomic mass is 10.4. The minimum atomic E-state index is 1.05. The molecule has 0 unspecified atom stereocenters. The predicted molar refractivity (Wildman–Crippen MR) is 32.2 cm³/mol. The highest BCUT2D eigenvalue weighted by Crippen LogP contribution is 2.15. The summed E-state index contributed by atoms with van der Waals surface area (Å²) in [6.07, 6.45) is 3.28. The number of rotatable bonds is 0. The number of aryl methyl sites for hydroxylation is 2. The van der Waals surface area contributed by atoms with Crippen molar-refractivity contribution < 1.29 is 0 Å². The van der Waals surface area contributed by atoms with E-state index in [1.165, 1.54) is 6.42 Å². The Balaban J connectivity index is 2.51. The SMILES string of the molecule is Nn1nc2c(n1)CCC2. The van der Waals surface area contributed by atoms with Gasteiger partial charge in [-0.2, -0.15) is 0 Å². The Hall–Kier alpha value is -1.06. The minimum Gasteiger partial charge on any atom is -0.306 e. The molecule has 2 rings (SSSR count). The molecule has 0 aliphatic heterocycles. The monoisotopic (exact) mass is 124 g/mol. The van der Waals surface area contributed by atoms with Crippen molar-refractivity contribution in [1.29, 1.82) is 0 Å². The maximum Gasteiger partial charge on any atom is 0.0881 e. The molecular weight excluding hydrogens is 116 g/mol. The van der Waals surface area contributed by atoms with Crippen molar-refractivity contribution in [3.63, 3.8) is 0 Å². The highest BCUT2D eigenvalue weighted by Gasteiger charge is 2.15. The average Bonchev–Trinajstić information content (AvgIpc) is 2.22. The first-order chi connectivity index (χ1) is 4.36. The number of aromatic nitrogens is 3. The second kappa shape index (κ2) is 1.46. The first-order valence-corrected chi connectivity index (χ1v) is 3.06. The summed E-state index contributed by atoms with van der Waals surface area (Å²) in [7, 11) is 0. The standard InChI is InChI=1S/C5H8N4/c6-9-7-4-2-1-3-5(4)8-9/h1-3,6H2. The lowest BCUT2D eigenvalue weighted by molar-refractivity contribution is 0.668. The van der Waals surface area contributed by atoms with Crippen LogP contribution in [0.15, 0.2) is 0 Å². The molecule has 0 aromatic carbocycles. The summed E-state index contributed by atoms with van der Waals surface area (Å²) in [5.41, 5.74) is 2.16. The van der Waals surface area contributed by atoms with Crippen LogP contribution in [0.3, 0.4) is 0 Å². The fourth-order valence-corrected chi connectivity index (χ4v) is 1.20. The molecule has 4 heteroatoms. The van der Waals surface area contributed by atoms with E-state index in [-0.39, 0.29) is 0 Å². The molecule has 0 spiro atoms. The van der Waals surface area contributed by atoms with Crippen molar-refractivity contribution in [3.8, 4) is 0 Å². The van der Waals surface area contributed by atoms with Crippen LogP contribution in [-0.2, 0) is 12.8 Å². The van der Waals surface area contributed by atoms with E-state index in [0.29, 0.717) is 0 Å². The van der Waals surface area contributed by atoms with Gasteiger partial charge in [-0.15, -0.1) is 10.2 Å². The van der Waals surface area contributed by atoms with Gasteiger partial charge >= 0.3 is 0 Å². The maximum atomic E-state index is 5.28. The minimum absolute atomic E-state index is 1.05. The normalized spacial score (nSPS) is 16.0. The Bertz CT molecular complexity index is 205. The Labute approximate surface area is 52.6 Å². The number of nitrogens with two attached hydrogens (primary N) is 1. The summed E-state index contributed by atoms with van der Waals surface area (Å²) in [5, 5.41) is 7.95. The fourth-order valence-electron chi connectivity index (χ4n) is 1.20. The molecule has 2 N–H and O–H groups in total. The van der Waals surface area contributed by atoms with E-state index in [9.17, 15) is 0 Å². The summed E-state index contributed by atoms with van der Waals surface area (Å²) in [5.74, 6) is 5.28. The number of nitrogens with zero attached hydrogens (tertiary/aromatic N) is 3. The number of fused-ring (bicyclic) bond motifs is 1. The summed E-state index contributed by atoms with van der Waals surface area (Å²) in [4.78, 5) is 1.16. The molecule has 48 valence electrons. The molecule has 4 nitrogen and oxygen atoms in total. The highest BCUT2D eigenvalue weighted by molar-refractivity contribution is 5.14. The Morgan fingerprint density at radius 1 is 1.22 bits per heavy atom. The zero-order chi connectivity index (χ0) is 6.27. The second-order valence-corrected chi connectivity index (χ2v) is 2.27.